The van der Waals surface area contributed by atoms with Gasteiger partial charge in [0.2, 0.25) is 0 Å². The molecule has 0 aliphatic heterocycles. The predicted octanol–water partition coefficient (Wildman–Crippen LogP) is 5.35. The van der Waals surface area contributed by atoms with Crippen molar-refractivity contribution in [3.05, 3.63) is 87.9 Å². The Bertz CT molecular complexity index is 1110. The van der Waals surface area contributed by atoms with E-state index in [2.05, 4.69) is 10.0 Å². The summed E-state index contributed by atoms with van der Waals surface area (Å²) in [5.74, 6) is -0.486. The van der Waals surface area contributed by atoms with E-state index in [0.717, 1.165) is 5.56 Å². The molecule has 0 saturated carbocycles. The SMILES string of the molecule is Cc1ccc(NC(=O)c2cc(Cl)ccc2NS(=O)(=O)c2ccc(Cl)cc2)cc1. The molecule has 3 rings (SSSR count). The summed E-state index contributed by atoms with van der Waals surface area (Å²) < 4.78 is 27.7. The van der Waals surface area contributed by atoms with Gasteiger partial charge in [-0.25, -0.2) is 8.42 Å². The lowest BCUT2D eigenvalue weighted by Gasteiger charge is -2.13. The van der Waals surface area contributed by atoms with Gasteiger partial charge in [-0.1, -0.05) is 40.9 Å². The monoisotopic (exact) mass is 434 g/mol. The van der Waals surface area contributed by atoms with Gasteiger partial charge in [-0.3, -0.25) is 9.52 Å². The molecule has 0 aromatic heterocycles. The highest BCUT2D eigenvalue weighted by atomic mass is 35.5. The highest BCUT2D eigenvalue weighted by Gasteiger charge is 2.19. The molecule has 5 nitrogen and oxygen atoms in total. The molecule has 8 heteroatoms. The molecule has 144 valence electrons. The summed E-state index contributed by atoms with van der Waals surface area (Å²) >= 11 is 11.8. The fourth-order valence-corrected chi connectivity index (χ4v) is 3.82. The Morgan fingerprint density at radius 2 is 1.46 bits per heavy atom. The first kappa shape index (κ1) is 20.2. The molecule has 0 heterocycles. The quantitative estimate of drug-likeness (QED) is 0.567. The summed E-state index contributed by atoms with van der Waals surface area (Å²) in [6, 6.07) is 17.3. The summed E-state index contributed by atoms with van der Waals surface area (Å²) in [6.07, 6.45) is 0. The standard InChI is InChI=1S/C20H16Cl2N2O3S/c1-13-2-7-16(8-3-13)23-20(25)18-12-15(22)6-11-19(18)24-28(26,27)17-9-4-14(21)5-10-17/h2-12,24H,1H3,(H,23,25). The van der Waals surface area contributed by atoms with Gasteiger partial charge in [0.15, 0.2) is 0 Å². The maximum Gasteiger partial charge on any atom is 0.261 e. The number of nitrogens with one attached hydrogen (secondary N) is 2. The topological polar surface area (TPSA) is 75.3 Å². The summed E-state index contributed by atoms with van der Waals surface area (Å²) in [5, 5.41) is 3.46. The normalized spacial score (nSPS) is 11.1. The second kappa shape index (κ2) is 8.22. The van der Waals surface area contributed by atoms with Gasteiger partial charge < -0.3 is 5.32 Å². The average Bonchev–Trinajstić information content (AvgIpc) is 2.65. The number of sulfonamides is 1. The van der Waals surface area contributed by atoms with Crippen molar-refractivity contribution in [2.45, 2.75) is 11.8 Å². The van der Waals surface area contributed by atoms with E-state index in [0.29, 0.717) is 15.7 Å². The highest BCUT2D eigenvalue weighted by molar-refractivity contribution is 7.92. The first-order valence-electron chi connectivity index (χ1n) is 8.20. The van der Waals surface area contributed by atoms with Crippen LogP contribution in [0.4, 0.5) is 11.4 Å². The summed E-state index contributed by atoms with van der Waals surface area (Å²) in [4.78, 5) is 12.7. The zero-order valence-corrected chi connectivity index (χ0v) is 17.1. The Labute approximate surface area is 173 Å². The number of anilines is 2. The third kappa shape index (κ3) is 4.84. The number of hydrogen-bond acceptors (Lipinski definition) is 3. The minimum Gasteiger partial charge on any atom is -0.322 e. The molecular weight excluding hydrogens is 419 g/mol. The summed E-state index contributed by atoms with van der Waals surface area (Å²) in [5.41, 5.74) is 1.86. The maximum atomic E-state index is 12.7. The molecule has 0 spiro atoms. The molecule has 0 aliphatic carbocycles. The van der Waals surface area contributed by atoms with Crippen LogP contribution in [0, 0.1) is 6.92 Å². The summed E-state index contributed by atoms with van der Waals surface area (Å²) in [7, 11) is -3.91. The third-order valence-electron chi connectivity index (χ3n) is 3.90. The number of halogens is 2. The van der Waals surface area contributed by atoms with E-state index >= 15 is 0 Å². The van der Waals surface area contributed by atoms with Crippen molar-refractivity contribution in [1.29, 1.82) is 0 Å². The molecule has 2 N–H and O–H groups in total. The van der Waals surface area contributed by atoms with Gasteiger partial charge in [0, 0.05) is 15.7 Å². The number of rotatable bonds is 5. The number of benzene rings is 3. The van der Waals surface area contributed by atoms with E-state index in [9.17, 15) is 13.2 Å². The maximum absolute atomic E-state index is 12.7. The Hall–Kier alpha value is -2.54. The molecule has 0 fully saturated rings. The van der Waals surface area contributed by atoms with Gasteiger partial charge in [-0.15, -0.1) is 0 Å². The van der Waals surface area contributed by atoms with Gasteiger partial charge in [0.1, 0.15) is 0 Å². The average molecular weight is 435 g/mol. The third-order valence-corrected chi connectivity index (χ3v) is 5.77. The second-order valence-electron chi connectivity index (χ2n) is 6.07. The summed E-state index contributed by atoms with van der Waals surface area (Å²) in [6.45, 7) is 1.94. The van der Waals surface area contributed by atoms with Crippen LogP contribution in [0.5, 0.6) is 0 Å². The molecule has 28 heavy (non-hydrogen) atoms. The van der Waals surface area contributed by atoms with E-state index in [1.807, 2.05) is 19.1 Å². The van der Waals surface area contributed by atoms with Crippen LogP contribution >= 0.6 is 23.2 Å². The lowest BCUT2D eigenvalue weighted by atomic mass is 10.1. The lowest BCUT2D eigenvalue weighted by molar-refractivity contribution is 0.102. The van der Waals surface area contributed by atoms with Gasteiger partial charge in [0.05, 0.1) is 16.1 Å². The van der Waals surface area contributed by atoms with Crippen LogP contribution < -0.4 is 10.0 Å². The van der Waals surface area contributed by atoms with Crippen LogP contribution in [0.1, 0.15) is 15.9 Å². The molecule has 0 bridgehead atoms. The first-order chi connectivity index (χ1) is 13.2. The van der Waals surface area contributed by atoms with Crippen LogP contribution in [-0.2, 0) is 10.0 Å². The first-order valence-corrected chi connectivity index (χ1v) is 10.4. The van der Waals surface area contributed by atoms with E-state index in [-0.39, 0.29) is 16.1 Å². The Balaban J connectivity index is 1.91. The number of carbonyl (C=O) groups is 1. The van der Waals surface area contributed by atoms with Crippen molar-refractivity contribution < 1.29 is 13.2 Å². The van der Waals surface area contributed by atoms with E-state index in [4.69, 9.17) is 23.2 Å². The number of hydrogen-bond donors (Lipinski definition) is 2. The fourth-order valence-electron chi connectivity index (χ4n) is 2.45. The zero-order valence-electron chi connectivity index (χ0n) is 14.7. The van der Waals surface area contributed by atoms with Crippen LogP contribution in [-0.4, -0.2) is 14.3 Å². The van der Waals surface area contributed by atoms with Crippen molar-refractivity contribution in [1.82, 2.24) is 0 Å². The smallest absolute Gasteiger partial charge is 0.261 e. The lowest BCUT2D eigenvalue weighted by Crippen LogP contribution is -2.18. The van der Waals surface area contributed by atoms with Gasteiger partial charge >= 0.3 is 0 Å². The van der Waals surface area contributed by atoms with E-state index in [1.54, 1.807) is 12.1 Å². The van der Waals surface area contributed by atoms with Crippen molar-refractivity contribution in [2.75, 3.05) is 10.0 Å². The van der Waals surface area contributed by atoms with E-state index < -0.39 is 15.9 Å². The molecule has 0 radical (unpaired) electrons. The highest BCUT2D eigenvalue weighted by Crippen LogP contribution is 2.25. The number of aryl methyl sites for hydroxylation is 1. The zero-order chi connectivity index (χ0) is 20.3. The Kier molecular flexibility index (Phi) is 5.93. The number of amides is 1. The molecule has 0 unspecified atom stereocenters. The van der Waals surface area contributed by atoms with Crippen LogP contribution in [0.2, 0.25) is 10.0 Å². The largest absolute Gasteiger partial charge is 0.322 e. The van der Waals surface area contributed by atoms with Crippen LogP contribution in [0.25, 0.3) is 0 Å². The number of carbonyl (C=O) groups excluding carboxylic acids is 1. The molecule has 0 atom stereocenters. The molecular formula is C20H16Cl2N2O3S. The predicted molar refractivity (Wildman–Crippen MR) is 113 cm³/mol. The molecule has 0 aliphatic rings. The molecule has 1 amide bonds. The van der Waals surface area contributed by atoms with E-state index in [1.165, 1.54) is 42.5 Å². The van der Waals surface area contributed by atoms with Crippen LogP contribution in [0.3, 0.4) is 0 Å². The van der Waals surface area contributed by atoms with Crippen LogP contribution in [0.15, 0.2) is 71.6 Å². The molecule has 0 saturated heterocycles. The van der Waals surface area contributed by atoms with Gasteiger partial charge in [-0.05, 0) is 61.5 Å². The van der Waals surface area contributed by atoms with Crippen molar-refractivity contribution in [2.24, 2.45) is 0 Å². The second-order valence-corrected chi connectivity index (χ2v) is 8.62. The van der Waals surface area contributed by atoms with Crippen molar-refractivity contribution in [3.63, 3.8) is 0 Å². The Morgan fingerprint density at radius 1 is 0.857 bits per heavy atom. The van der Waals surface area contributed by atoms with Gasteiger partial charge in [0.25, 0.3) is 15.9 Å². The molecule has 3 aromatic rings. The van der Waals surface area contributed by atoms with Crippen molar-refractivity contribution >= 4 is 50.5 Å². The van der Waals surface area contributed by atoms with Gasteiger partial charge in [-0.2, -0.15) is 0 Å². The Morgan fingerprint density at radius 3 is 2.11 bits per heavy atom. The minimum absolute atomic E-state index is 0.0248. The fraction of sp³-hybridized carbons (Fsp3) is 0.0500. The molecule has 3 aromatic carbocycles. The van der Waals surface area contributed by atoms with Crippen molar-refractivity contribution in [3.8, 4) is 0 Å². The minimum atomic E-state index is -3.91.